The van der Waals surface area contributed by atoms with E-state index in [9.17, 15) is 4.79 Å². The summed E-state index contributed by atoms with van der Waals surface area (Å²) in [6.07, 6.45) is 4.66. The molecule has 5 heteroatoms. The average molecular weight is 245 g/mol. The number of rotatable bonds is 3. The summed E-state index contributed by atoms with van der Waals surface area (Å²) in [5.41, 5.74) is 1.12. The first-order valence-electron chi connectivity index (χ1n) is 5.69. The Bertz CT molecular complexity index is 520. The normalized spacial score (nSPS) is 12.2. The first-order chi connectivity index (χ1) is 8.59. The molecular weight excluding hydrogens is 230 g/mol. The van der Waals surface area contributed by atoms with Crippen LogP contribution < -0.4 is 0 Å². The summed E-state index contributed by atoms with van der Waals surface area (Å²) >= 11 is 0. The molecule has 0 aliphatic rings. The number of aromatic nitrogens is 2. The smallest absolute Gasteiger partial charge is 0.274 e. The second-order valence-corrected chi connectivity index (χ2v) is 4.15. The molecule has 0 aromatic carbocycles. The van der Waals surface area contributed by atoms with Gasteiger partial charge in [-0.25, -0.2) is 4.98 Å². The highest BCUT2D eigenvalue weighted by molar-refractivity contribution is 5.92. The predicted octanol–water partition coefficient (Wildman–Crippen LogP) is 2.21. The van der Waals surface area contributed by atoms with E-state index in [2.05, 4.69) is 9.97 Å². The topological polar surface area (TPSA) is 59.2 Å². The Hall–Kier alpha value is -2.17. The van der Waals surface area contributed by atoms with E-state index in [0.717, 1.165) is 11.5 Å². The number of furan rings is 1. The number of hydrogen-bond acceptors (Lipinski definition) is 4. The van der Waals surface area contributed by atoms with E-state index in [4.69, 9.17) is 4.42 Å². The van der Waals surface area contributed by atoms with E-state index in [-0.39, 0.29) is 11.9 Å². The minimum Gasteiger partial charge on any atom is -0.467 e. The Morgan fingerprint density at radius 2 is 2.17 bits per heavy atom. The van der Waals surface area contributed by atoms with Gasteiger partial charge >= 0.3 is 0 Å². The van der Waals surface area contributed by atoms with Crippen LogP contribution in [0, 0.1) is 6.92 Å². The van der Waals surface area contributed by atoms with E-state index in [1.54, 1.807) is 30.5 Å². The molecule has 0 saturated heterocycles. The van der Waals surface area contributed by atoms with Crippen LogP contribution in [0.15, 0.2) is 35.2 Å². The number of nitrogens with zero attached hydrogens (tertiary/aromatic N) is 3. The Labute approximate surface area is 105 Å². The molecule has 2 rings (SSSR count). The van der Waals surface area contributed by atoms with E-state index < -0.39 is 0 Å². The summed E-state index contributed by atoms with van der Waals surface area (Å²) in [7, 11) is 1.72. The lowest BCUT2D eigenvalue weighted by Gasteiger charge is -2.22. The third-order valence-corrected chi connectivity index (χ3v) is 2.86. The Morgan fingerprint density at radius 3 is 2.72 bits per heavy atom. The lowest BCUT2D eigenvalue weighted by Crippen LogP contribution is -2.30. The van der Waals surface area contributed by atoms with Gasteiger partial charge in [-0.2, -0.15) is 0 Å². The molecule has 18 heavy (non-hydrogen) atoms. The van der Waals surface area contributed by atoms with Gasteiger partial charge in [0, 0.05) is 13.2 Å². The van der Waals surface area contributed by atoms with Crippen LogP contribution in [0.5, 0.6) is 0 Å². The number of amides is 1. The second-order valence-electron chi connectivity index (χ2n) is 4.15. The monoisotopic (exact) mass is 245 g/mol. The molecule has 2 aromatic heterocycles. The first kappa shape index (κ1) is 12.3. The molecule has 0 saturated carbocycles. The quantitative estimate of drug-likeness (QED) is 0.831. The third-order valence-electron chi connectivity index (χ3n) is 2.86. The molecule has 1 unspecified atom stereocenters. The molecule has 2 aromatic rings. The summed E-state index contributed by atoms with van der Waals surface area (Å²) in [5, 5.41) is 0. The molecule has 0 aliphatic carbocycles. The number of aryl methyl sites for hydroxylation is 1. The van der Waals surface area contributed by atoms with Crippen LogP contribution in [0.25, 0.3) is 0 Å². The van der Waals surface area contributed by atoms with Gasteiger partial charge in [-0.3, -0.25) is 9.78 Å². The predicted molar refractivity (Wildman–Crippen MR) is 66.0 cm³/mol. The number of carbonyl (C=O) groups is 1. The Balaban J connectivity index is 2.16. The van der Waals surface area contributed by atoms with E-state index >= 15 is 0 Å². The minimum absolute atomic E-state index is 0.143. The zero-order valence-electron chi connectivity index (χ0n) is 10.6. The van der Waals surface area contributed by atoms with Crippen molar-refractivity contribution >= 4 is 5.91 Å². The van der Waals surface area contributed by atoms with E-state index in [1.807, 2.05) is 19.9 Å². The maximum Gasteiger partial charge on any atom is 0.274 e. The van der Waals surface area contributed by atoms with Crippen LogP contribution in [-0.2, 0) is 0 Å². The molecular formula is C13H15N3O2. The summed E-state index contributed by atoms with van der Waals surface area (Å²) in [6.45, 7) is 3.73. The maximum absolute atomic E-state index is 12.2. The van der Waals surface area contributed by atoms with Crippen LogP contribution in [-0.4, -0.2) is 27.8 Å². The average Bonchev–Trinajstić information content (AvgIpc) is 2.91. The van der Waals surface area contributed by atoms with Gasteiger partial charge in [0.25, 0.3) is 5.91 Å². The summed E-state index contributed by atoms with van der Waals surface area (Å²) in [6, 6.07) is 3.50. The molecule has 2 heterocycles. The van der Waals surface area contributed by atoms with Crippen LogP contribution in [0.1, 0.15) is 34.9 Å². The van der Waals surface area contributed by atoms with Crippen LogP contribution in [0.3, 0.4) is 0 Å². The van der Waals surface area contributed by atoms with Crippen LogP contribution in [0.4, 0.5) is 0 Å². The highest BCUT2D eigenvalue weighted by Crippen LogP contribution is 2.20. The fourth-order valence-electron chi connectivity index (χ4n) is 1.58. The van der Waals surface area contributed by atoms with Crippen molar-refractivity contribution in [2.75, 3.05) is 7.05 Å². The molecule has 0 bridgehead atoms. The van der Waals surface area contributed by atoms with Crippen molar-refractivity contribution in [1.29, 1.82) is 0 Å². The third kappa shape index (κ3) is 2.40. The highest BCUT2D eigenvalue weighted by Gasteiger charge is 2.21. The summed E-state index contributed by atoms with van der Waals surface area (Å²) in [4.78, 5) is 21.9. The molecule has 0 spiro atoms. The zero-order chi connectivity index (χ0) is 13.1. The molecule has 1 amide bonds. The number of carbonyl (C=O) groups excluding carboxylic acids is 1. The molecule has 0 fully saturated rings. The SMILES string of the molecule is Cc1cnc(C(=O)N(C)C(C)c2ccco2)cn1. The Morgan fingerprint density at radius 1 is 1.39 bits per heavy atom. The fraction of sp³-hybridized carbons (Fsp3) is 0.308. The largest absolute Gasteiger partial charge is 0.467 e. The van der Waals surface area contributed by atoms with E-state index in [0.29, 0.717) is 5.69 Å². The second kappa shape index (κ2) is 5.00. The molecule has 94 valence electrons. The summed E-state index contributed by atoms with van der Waals surface area (Å²) in [5.74, 6) is 0.567. The van der Waals surface area contributed by atoms with Crippen molar-refractivity contribution in [2.45, 2.75) is 19.9 Å². The maximum atomic E-state index is 12.2. The Kier molecular flexibility index (Phi) is 3.41. The van der Waals surface area contributed by atoms with Gasteiger partial charge < -0.3 is 9.32 Å². The van der Waals surface area contributed by atoms with Crippen molar-refractivity contribution in [3.8, 4) is 0 Å². The van der Waals surface area contributed by atoms with Gasteiger partial charge in [-0.15, -0.1) is 0 Å². The van der Waals surface area contributed by atoms with Crippen molar-refractivity contribution in [3.05, 3.63) is 47.9 Å². The molecule has 5 nitrogen and oxygen atoms in total. The van der Waals surface area contributed by atoms with Gasteiger partial charge in [0.1, 0.15) is 11.5 Å². The van der Waals surface area contributed by atoms with Gasteiger partial charge in [-0.05, 0) is 26.0 Å². The lowest BCUT2D eigenvalue weighted by atomic mass is 10.2. The fourth-order valence-corrected chi connectivity index (χ4v) is 1.58. The van der Waals surface area contributed by atoms with Gasteiger partial charge in [0.05, 0.1) is 24.2 Å². The van der Waals surface area contributed by atoms with Gasteiger partial charge in [0.2, 0.25) is 0 Å². The van der Waals surface area contributed by atoms with Crippen molar-refractivity contribution in [1.82, 2.24) is 14.9 Å². The standard InChI is InChI=1S/C13H15N3O2/c1-9-7-15-11(8-14-9)13(17)16(3)10(2)12-5-4-6-18-12/h4-8,10H,1-3H3. The molecule has 0 aliphatic heterocycles. The van der Waals surface area contributed by atoms with Gasteiger partial charge in [-0.1, -0.05) is 0 Å². The van der Waals surface area contributed by atoms with Gasteiger partial charge in [0.15, 0.2) is 0 Å². The van der Waals surface area contributed by atoms with Crippen molar-refractivity contribution in [2.24, 2.45) is 0 Å². The molecule has 1 atom stereocenters. The van der Waals surface area contributed by atoms with Crippen molar-refractivity contribution < 1.29 is 9.21 Å². The minimum atomic E-state index is -0.175. The highest BCUT2D eigenvalue weighted by atomic mass is 16.3. The summed E-state index contributed by atoms with van der Waals surface area (Å²) < 4.78 is 5.29. The molecule has 0 radical (unpaired) electrons. The zero-order valence-corrected chi connectivity index (χ0v) is 10.6. The van der Waals surface area contributed by atoms with Crippen molar-refractivity contribution in [3.63, 3.8) is 0 Å². The molecule has 0 N–H and O–H groups in total. The number of hydrogen-bond donors (Lipinski definition) is 0. The van der Waals surface area contributed by atoms with Crippen LogP contribution in [0.2, 0.25) is 0 Å². The van der Waals surface area contributed by atoms with Crippen LogP contribution >= 0.6 is 0 Å². The lowest BCUT2D eigenvalue weighted by molar-refractivity contribution is 0.0719. The van der Waals surface area contributed by atoms with E-state index in [1.165, 1.54) is 6.20 Å². The first-order valence-corrected chi connectivity index (χ1v) is 5.69.